The molecule has 13 heteroatoms. The van der Waals surface area contributed by atoms with Crippen molar-refractivity contribution in [3.05, 3.63) is 18.2 Å². The Morgan fingerprint density at radius 1 is 1.03 bits per heavy atom. The van der Waals surface area contributed by atoms with Gasteiger partial charge in [0.05, 0.1) is 18.8 Å². The second-order valence-electron chi connectivity index (χ2n) is 7.88. The lowest BCUT2D eigenvalue weighted by Crippen LogP contribution is -2.57. The van der Waals surface area contributed by atoms with Crippen molar-refractivity contribution in [3.63, 3.8) is 0 Å². The fraction of sp³-hybridized carbons (Fsp3) is 0.579. The number of rotatable bonds is 13. The molecule has 1 rings (SSSR count). The zero-order chi connectivity index (χ0) is 24.4. The van der Waals surface area contributed by atoms with Gasteiger partial charge < -0.3 is 37.5 Å². The van der Waals surface area contributed by atoms with Crippen LogP contribution in [0.15, 0.2) is 12.5 Å². The molecule has 32 heavy (non-hydrogen) atoms. The topological polar surface area (TPSA) is 222 Å². The molecule has 1 aromatic rings. The minimum absolute atomic E-state index is 0.0458. The van der Waals surface area contributed by atoms with Crippen molar-refractivity contribution in [1.82, 2.24) is 25.9 Å². The van der Waals surface area contributed by atoms with Crippen LogP contribution in [0.1, 0.15) is 39.3 Å². The molecule has 4 atom stereocenters. The standard InChI is InChI=1S/C19H31N7O6/c1-9(2)4-12(20)17(29)25-13(6-15(21)27)18(30)24-10(3)16(28)26-14(19(31)32)5-11-7-22-8-23-11/h7-10,12-14H,4-6,20H2,1-3H3,(H2,21,27)(H,22,23)(H,24,30)(H,25,29)(H,26,28)(H,31,32). The van der Waals surface area contributed by atoms with E-state index in [1.165, 1.54) is 19.4 Å². The molecule has 0 aliphatic heterocycles. The molecule has 0 bridgehead atoms. The van der Waals surface area contributed by atoms with Gasteiger partial charge in [-0.2, -0.15) is 0 Å². The first-order chi connectivity index (χ1) is 14.9. The van der Waals surface area contributed by atoms with Crippen LogP contribution in [0.5, 0.6) is 0 Å². The summed E-state index contributed by atoms with van der Waals surface area (Å²) in [5.41, 5.74) is 11.5. The summed E-state index contributed by atoms with van der Waals surface area (Å²) in [6.45, 7) is 5.07. The van der Waals surface area contributed by atoms with E-state index in [9.17, 15) is 29.1 Å². The highest BCUT2D eigenvalue weighted by Crippen LogP contribution is 2.04. The first-order valence-electron chi connectivity index (χ1n) is 10.1. The zero-order valence-corrected chi connectivity index (χ0v) is 18.3. The Balaban J connectivity index is 2.76. The van der Waals surface area contributed by atoms with Crippen molar-refractivity contribution in [1.29, 1.82) is 0 Å². The summed E-state index contributed by atoms with van der Waals surface area (Å²) in [5.74, 6) is -4.23. The van der Waals surface area contributed by atoms with Gasteiger partial charge in [-0.05, 0) is 19.3 Å². The number of imidazole rings is 1. The smallest absolute Gasteiger partial charge is 0.326 e. The van der Waals surface area contributed by atoms with Crippen LogP contribution >= 0.6 is 0 Å². The Bertz CT molecular complexity index is 811. The van der Waals surface area contributed by atoms with E-state index in [-0.39, 0.29) is 12.3 Å². The van der Waals surface area contributed by atoms with Gasteiger partial charge in [0.1, 0.15) is 18.1 Å². The van der Waals surface area contributed by atoms with Gasteiger partial charge in [0.15, 0.2) is 0 Å². The molecule has 0 radical (unpaired) electrons. The maximum Gasteiger partial charge on any atom is 0.326 e. The van der Waals surface area contributed by atoms with E-state index in [0.29, 0.717) is 12.1 Å². The molecule has 0 aliphatic rings. The number of H-pyrrole nitrogens is 1. The number of aliphatic carboxylic acids is 1. The van der Waals surface area contributed by atoms with Crippen molar-refractivity contribution in [2.24, 2.45) is 17.4 Å². The lowest BCUT2D eigenvalue weighted by Gasteiger charge is -2.23. The number of carbonyl (C=O) groups excluding carboxylic acids is 4. The van der Waals surface area contributed by atoms with E-state index in [1.807, 2.05) is 13.8 Å². The Kier molecular flexibility index (Phi) is 10.3. The number of hydrogen-bond acceptors (Lipinski definition) is 7. The first-order valence-corrected chi connectivity index (χ1v) is 10.1. The molecule has 4 unspecified atom stereocenters. The second-order valence-corrected chi connectivity index (χ2v) is 7.88. The molecular weight excluding hydrogens is 422 g/mol. The SMILES string of the molecule is CC(C)CC(N)C(=O)NC(CC(N)=O)C(=O)NC(C)C(=O)NC(Cc1cnc[nH]1)C(=O)O. The highest BCUT2D eigenvalue weighted by Gasteiger charge is 2.29. The van der Waals surface area contributed by atoms with Gasteiger partial charge >= 0.3 is 5.97 Å². The number of nitrogens with two attached hydrogens (primary N) is 2. The Labute approximate surface area is 185 Å². The van der Waals surface area contributed by atoms with E-state index in [2.05, 4.69) is 25.9 Å². The van der Waals surface area contributed by atoms with Crippen LogP contribution in [0.4, 0.5) is 0 Å². The fourth-order valence-corrected chi connectivity index (χ4v) is 2.80. The zero-order valence-electron chi connectivity index (χ0n) is 18.3. The predicted octanol–water partition coefficient (Wildman–Crippen LogP) is -2.24. The van der Waals surface area contributed by atoms with E-state index in [0.717, 1.165) is 0 Å². The van der Waals surface area contributed by atoms with Crippen LogP contribution < -0.4 is 27.4 Å². The van der Waals surface area contributed by atoms with Gasteiger partial charge in [-0.15, -0.1) is 0 Å². The molecule has 178 valence electrons. The van der Waals surface area contributed by atoms with Crippen molar-refractivity contribution >= 4 is 29.6 Å². The van der Waals surface area contributed by atoms with Gasteiger partial charge in [-0.1, -0.05) is 13.8 Å². The van der Waals surface area contributed by atoms with E-state index in [1.54, 1.807) is 0 Å². The van der Waals surface area contributed by atoms with Crippen molar-refractivity contribution in [2.75, 3.05) is 0 Å². The third kappa shape index (κ3) is 9.12. The lowest BCUT2D eigenvalue weighted by molar-refractivity contribution is -0.142. The summed E-state index contributed by atoms with van der Waals surface area (Å²) < 4.78 is 0. The average Bonchev–Trinajstić information content (AvgIpc) is 3.18. The largest absolute Gasteiger partial charge is 0.480 e. The molecule has 4 amide bonds. The number of primary amides is 1. The normalized spacial score (nSPS) is 14.7. The summed E-state index contributed by atoms with van der Waals surface area (Å²) in [5, 5.41) is 16.4. The molecule has 9 N–H and O–H groups in total. The molecule has 0 spiro atoms. The third-order valence-corrected chi connectivity index (χ3v) is 4.45. The monoisotopic (exact) mass is 453 g/mol. The van der Waals surface area contributed by atoms with Crippen LogP contribution in [-0.2, 0) is 30.4 Å². The first kappa shape index (κ1) is 26.6. The molecule has 0 saturated carbocycles. The number of carboxylic acids is 1. The van der Waals surface area contributed by atoms with Crippen molar-refractivity contribution < 1.29 is 29.1 Å². The lowest BCUT2D eigenvalue weighted by atomic mass is 10.0. The molecule has 1 aromatic heterocycles. The number of nitrogens with zero attached hydrogens (tertiary/aromatic N) is 1. The predicted molar refractivity (Wildman–Crippen MR) is 113 cm³/mol. The molecule has 0 aliphatic carbocycles. The number of hydrogen-bond donors (Lipinski definition) is 7. The number of carbonyl (C=O) groups is 5. The fourth-order valence-electron chi connectivity index (χ4n) is 2.80. The van der Waals surface area contributed by atoms with Crippen LogP contribution in [0.25, 0.3) is 0 Å². The minimum Gasteiger partial charge on any atom is -0.480 e. The number of aromatic amines is 1. The van der Waals surface area contributed by atoms with E-state index < -0.39 is 60.2 Å². The van der Waals surface area contributed by atoms with Gasteiger partial charge in [-0.3, -0.25) is 19.2 Å². The van der Waals surface area contributed by atoms with Crippen LogP contribution in [-0.4, -0.2) is 68.8 Å². The van der Waals surface area contributed by atoms with Gasteiger partial charge in [0, 0.05) is 18.3 Å². The summed E-state index contributed by atoms with van der Waals surface area (Å²) in [7, 11) is 0. The highest BCUT2D eigenvalue weighted by atomic mass is 16.4. The average molecular weight is 454 g/mol. The minimum atomic E-state index is -1.34. The number of nitrogens with one attached hydrogen (secondary N) is 4. The number of amides is 4. The summed E-state index contributed by atoms with van der Waals surface area (Å²) in [6, 6.07) is -4.66. The van der Waals surface area contributed by atoms with Crippen molar-refractivity contribution in [2.45, 2.75) is 64.2 Å². The summed E-state index contributed by atoms with van der Waals surface area (Å²) in [4.78, 5) is 66.5. The Morgan fingerprint density at radius 3 is 2.16 bits per heavy atom. The Morgan fingerprint density at radius 2 is 1.66 bits per heavy atom. The molecule has 0 fully saturated rings. The summed E-state index contributed by atoms with van der Waals surface area (Å²) >= 11 is 0. The second kappa shape index (κ2) is 12.4. The molecular formula is C19H31N7O6. The van der Waals surface area contributed by atoms with Gasteiger partial charge in [-0.25, -0.2) is 9.78 Å². The van der Waals surface area contributed by atoms with Crippen molar-refractivity contribution in [3.8, 4) is 0 Å². The number of carboxylic acid groups (broad SMARTS) is 1. The van der Waals surface area contributed by atoms with E-state index >= 15 is 0 Å². The Hall–Kier alpha value is -3.48. The van der Waals surface area contributed by atoms with Crippen LogP contribution in [0.2, 0.25) is 0 Å². The quantitative estimate of drug-likeness (QED) is 0.172. The molecule has 1 heterocycles. The van der Waals surface area contributed by atoms with Gasteiger partial charge in [0.25, 0.3) is 0 Å². The van der Waals surface area contributed by atoms with Crippen LogP contribution in [0.3, 0.4) is 0 Å². The highest BCUT2D eigenvalue weighted by molar-refractivity contribution is 5.96. The van der Waals surface area contributed by atoms with E-state index in [4.69, 9.17) is 11.5 Å². The molecule has 13 nitrogen and oxygen atoms in total. The molecule has 0 saturated heterocycles. The number of aromatic nitrogens is 2. The maximum absolute atomic E-state index is 12.6. The molecule has 0 aromatic carbocycles. The van der Waals surface area contributed by atoms with Gasteiger partial charge in [0.2, 0.25) is 23.6 Å². The van der Waals surface area contributed by atoms with Crippen LogP contribution in [0, 0.1) is 5.92 Å². The third-order valence-electron chi connectivity index (χ3n) is 4.45. The summed E-state index contributed by atoms with van der Waals surface area (Å²) in [6.07, 6.45) is 2.61. The maximum atomic E-state index is 12.6.